The van der Waals surface area contributed by atoms with Crippen LogP contribution in [-0.2, 0) is 54.4 Å². The first-order valence-corrected chi connectivity index (χ1v) is 38.6. The van der Waals surface area contributed by atoms with Gasteiger partial charge in [-0.2, -0.15) is 30.6 Å². The van der Waals surface area contributed by atoms with E-state index < -0.39 is 0 Å². The van der Waals surface area contributed by atoms with Crippen molar-refractivity contribution < 1.29 is 0 Å². The molecule has 8 heterocycles. The summed E-state index contributed by atoms with van der Waals surface area (Å²) < 4.78 is 4.36. The van der Waals surface area contributed by atoms with Gasteiger partial charge in [0.05, 0.1) is 34.4 Å². The smallest absolute Gasteiger partial charge is 0.114 e. The fraction of sp³-hybridized carbons (Fsp3) is 0.678. The first-order chi connectivity index (χ1) is 46.5. The lowest BCUT2D eigenvalue weighted by Crippen LogP contribution is -2.57. The van der Waals surface area contributed by atoms with Crippen LogP contribution in [0, 0.1) is 16.7 Å². The van der Waals surface area contributed by atoms with Gasteiger partial charge in [-0.05, 0) is 163 Å². The molecule has 1 saturated heterocycles. The molecule has 0 aliphatic carbocycles. The van der Waals surface area contributed by atoms with E-state index in [-0.39, 0.29) is 65.2 Å². The zero-order valence-corrected chi connectivity index (χ0v) is 74.4. The molecule has 582 valence electrons. The number of benzene rings is 2. The Kier molecular flexibility index (Phi) is 28.0. The number of hydrogen-bond acceptors (Lipinski definition) is 9. The van der Waals surface area contributed by atoms with Gasteiger partial charge in [-0.1, -0.05) is 226 Å². The van der Waals surface area contributed by atoms with Crippen LogP contribution in [0.2, 0.25) is 0 Å². The third-order valence-electron chi connectivity index (χ3n) is 19.2. The molecular weight excluding hydrogens is 1280 g/mol. The number of piperazine rings is 1. The molecule has 0 spiro atoms. The van der Waals surface area contributed by atoms with E-state index >= 15 is 0 Å². The number of aromatic amines is 3. The van der Waals surface area contributed by atoms with Gasteiger partial charge in [0.2, 0.25) is 0 Å². The summed E-state index contributed by atoms with van der Waals surface area (Å²) in [6, 6.07) is 19.9. The third kappa shape index (κ3) is 25.7. The zero-order valence-electron chi connectivity index (χ0n) is 74.4. The lowest BCUT2D eigenvalue weighted by Gasteiger charge is -2.46. The number of fused-ring (bicyclic) bond motifs is 3. The van der Waals surface area contributed by atoms with Crippen molar-refractivity contribution in [1.82, 2.24) is 59.7 Å². The van der Waals surface area contributed by atoms with Crippen LogP contribution in [0.4, 0.5) is 0 Å². The molecule has 14 heteroatoms. The lowest BCUT2D eigenvalue weighted by atomic mass is 9.71. The highest BCUT2D eigenvalue weighted by atomic mass is 15.3. The summed E-state index contributed by atoms with van der Waals surface area (Å²) in [5, 5.41) is 39.1. The van der Waals surface area contributed by atoms with Gasteiger partial charge in [0.1, 0.15) is 5.52 Å². The minimum absolute atomic E-state index is 0.0177. The number of hydrogen-bond donors (Lipinski definition) is 3. The molecule has 2 aromatic carbocycles. The van der Waals surface area contributed by atoms with Gasteiger partial charge in [0.15, 0.2) is 0 Å². The highest BCUT2D eigenvalue weighted by Gasteiger charge is 2.37. The maximum atomic E-state index is 4.49. The fourth-order valence-corrected chi connectivity index (χ4v) is 12.1. The summed E-state index contributed by atoms with van der Waals surface area (Å²) in [6.45, 7) is 98.0. The molecule has 0 saturated carbocycles. The van der Waals surface area contributed by atoms with Crippen LogP contribution in [-0.4, -0.2) is 109 Å². The highest BCUT2D eigenvalue weighted by molar-refractivity contribution is 6.05. The van der Waals surface area contributed by atoms with E-state index in [1.807, 2.05) is 23.3 Å². The Labute approximate surface area is 634 Å². The fourth-order valence-electron chi connectivity index (χ4n) is 12.1. The van der Waals surface area contributed by atoms with E-state index in [9.17, 15) is 0 Å². The Hall–Kier alpha value is -6.25. The quantitative estimate of drug-likeness (QED) is 0.137. The number of H-pyrrole nitrogens is 3. The van der Waals surface area contributed by atoms with Gasteiger partial charge < -0.3 is 4.57 Å². The first kappa shape index (κ1) is 90.1. The van der Waals surface area contributed by atoms with Crippen LogP contribution in [0.1, 0.15) is 336 Å². The molecule has 1 atom stereocenters. The average molecular weight is 1430 g/mol. The molecule has 0 radical (unpaired) electrons. The summed E-state index contributed by atoms with van der Waals surface area (Å²) in [7, 11) is 0. The lowest BCUT2D eigenvalue weighted by molar-refractivity contribution is 0.0211. The maximum absolute atomic E-state index is 4.49. The van der Waals surface area contributed by atoms with Crippen molar-refractivity contribution in [2.24, 2.45) is 27.0 Å². The van der Waals surface area contributed by atoms with Crippen LogP contribution in [0.25, 0.3) is 32.7 Å². The summed E-state index contributed by atoms with van der Waals surface area (Å²) in [4.78, 5) is 9.65. The standard InChI is InChI=1S/C16H23N.C15H22N2.C14H21N3.C12H26N2.3C11H20N2/c1-15(2,3)13-7-8-14-12(11-13)9-10-17(14)16(4,5)6;1-14(2,3)10-7-8-11-12(9-10)16-17-13(11)15(4,5)6;1-13(2,3)11-9-7-8-15-12(14(4,5)6)10(9)16-17-11;1-11(2,3)13-7-9-14(10-8-13)12(4,5)6;1-10(2,3)9-7-12-13(8-9)11(4,5)6;1-10(2,3)8-7-12-13-9(8)11(4,5)6;1-10(2,3)8-7-9(13-12-8)11(4,5)6/h7-11H,1-6H3;7-9H,1-6H3,(H,16,17);7-8H,1-6H3,(H,16,17);7-10H2,1-6H3;2*7-8H,1-6H3;7H,1-6H3,(H,12,13). The van der Waals surface area contributed by atoms with Crippen LogP contribution in [0.15, 0.2) is 89.6 Å². The minimum atomic E-state index is 0.0177. The van der Waals surface area contributed by atoms with E-state index in [1.165, 1.54) is 87.3 Å². The second-order valence-electron chi connectivity index (χ2n) is 43.8. The van der Waals surface area contributed by atoms with Crippen molar-refractivity contribution in [1.29, 1.82) is 0 Å². The van der Waals surface area contributed by atoms with E-state index in [4.69, 9.17) is 0 Å². The molecule has 10 rings (SSSR count). The van der Waals surface area contributed by atoms with Crippen molar-refractivity contribution in [3.05, 3.63) is 125 Å². The zero-order chi connectivity index (χ0) is 80.3. The monoisotopic (exact) mass is 1430 g/mol. The van der Waals surface area contributed by atoms with Crippen molar-refractivity contribution in [3.63, 3.8) is 0 Å². The Balaban J connectivity index is 0.000000258. The summed E-state index contributed by atoms with van der Waals surface area (Å²) in [5.41, 5.74) is 16.8. The van der Waals surface area contributed by atoms with Crippen molar-refractivity contribution in [2.75, 3.05) is 26.2 Å². The summed E-state index contributed by atoms with van der Waals surface area (Å²) in [6.07, 6.45) is 10.1. The van der Waals surface area contributed by atoms with Gasteiger partial charge in [-0.25, -0.2) is 0 Å². The Bertz CT molecular complexity index is 3810. The third-order valence-corrected chi connectivity index (χ3v) is 19.2. The van der Waals surface area contributed by atoms with Crippen molar-refractivity contribution >= 4 is 44.6 Å². The van der Waals surface area contributed by atoms with Gasteiger partial charge >= 0.3 is 0 Å². The van der Waals surface area contributed by atoms with Gasteiger partial charge in [-0.15, -0.1) is 0 Å². The summed E-state index contributed by atoms with van der Waals surface area (Å²) in [5.74, 6) is 0.396. The van der Waals surface area contributed by atoms with Crippen molar-refractivity contribution in [3.8, 4) is 0 Å². The SMILES string of the molecule is CC(C)(C)C1=NN=CC1C(C)(C)C.CC(C)(C)N1CCN(C(C)(C)C)CC1.CC(C)(C)c1[nH]nc2c(C(C)(C)C)nccc12.CC(C)(C)c1cc(C(C)(C)C)[nH]n1.CC(C)(C)c1ccc2c(C(C)(C)C)[nH]nc2c1.CC(C)(C)c1ccc2c(ccn2C(C)(C)C)c1.CC(C)(C)c1cnn(C(C)(C)C)c1. The molecule has 1 fully saturated rings. The van der Waals surface area contributed by atoms with Crippen molar-refractivity contribution in [2.45, 2.75) is 356 Å². The molecule has 8 aromatic rings. The minimum Gasteiger partial charge on any atom is -0.342 e. The second-order valence-corrected chi connectivity index (χ2v) is 43.8. The molecule has 3 N–H and O–H groups in total. The normalized spacial score (nSPS) is 15.9. The number of nitrogens with one attached hydrogen (secondary N) is 3. The highest BCUT2D eigenvalue weighted by Crippen LogP contribution is 2.38. The van der Waals surface area contributed by atoms with Gasteiger partial charge in [-0.3, -0.25) is 34.8 Å². The van der Waals surface area contributed by atoms with E-state index in [0.29, 0.717) is 17.0 Å². The Morgan fingerprint density at radius 3 is 1.26 bits per heavy atom. The molecule has 2 aliphatic rings. The molecule has 104 heavy (non-hydrogen) atoms. The Morgan fingerprint density at radius 2 is 0.885 bits per heavy atom. The van der Waals surface area contributed by atoms with Crippen LogP contribution in [0.3, 0.4) is 0 Å². The first-order valence-electron chi connectivity index (χ1n) is 38.6. The second kappa shape index (κ2) is 32.3. The largest absolute Gasteiger partial charge is 0.342 e. The van der Waals surface area contributed by atoms with E-state index in [2.05, 4.69) is 423 Å². The molecule has 1 unspecified atom stereocenters. The molecule has 2 aliphatic heterocycles. The van der Waals surface area contributed by atoms with Crippen LogP contribution >= 0.6 is 0 Å². The van der Waals surface area contributed by atoms with E-state index in [1.54, 1.807) is 0 Å². The number of aromatic nitrogens is 10. The molecule has 6 aromatic heterocycles. The maximum Gasteiger partial charge on any atom is 0.114 e. The molecule has 0 bridgehead atoms. The number of rotatable bonds is 0. The predicted octanol–water partition coefficient (Wildman–Crippen LogP) is 23.7. The Morgan fingerprint density at radius 1 is 0.404 bits per heavy atom. The topological polar surface area (TPSA) is 153 Å². The average Bonchev–Trinajstić information content (AvgIpc) is 1.60. The summed E-state index contributed by atoms with van der Waals surface area (Å²) >= 11 is 0. The van der Waals surface area contributed by atoms with Crippen LogP contribution < -0.4 is 0 Å². The van der Waals surface area contributed by atoms with Gasteiger partial charge in [0.25, 0.3) is 0 Å². The molecular formula is C90H152N14. The van der Waals surface area contributed by atoms with E-state index in [0.717, 1.165) is 22.4 Å². The number of pyridine rings is 1. The van der Waals surface area contributed by atoms with Gasteiger partial charge in [0, 0.05) is 139 Å². The molecule has 0 amide bonds. The van der Waals surface area contributed by atoms with Crippen LogP contribution in [0.5, 0.6) is 0 Å². The molecule has 14 nitrogen and oxygen atoms in total. The number of nitrogens with zero attached hydrogens (tertiary/aromatic N) is 11. The predicted molar refractivity (Wildman–Crippen MR) is 453 cm³/mol.